The van der Waals surface area contributed by atoms with Crippen LogP contribution in [0.1, 0.15) is 39.8 Å². The highest BCUT2D eigenvalue weighted by atomic mass is 16.3. The number of furan rings is 1. The Morgan fingerprint density at radius 1 is 1.26 bits per heavy atom. The lowest BCUT2D eigenvalue weighted by atomic mass is 10.1. The number of hydrogen-bond acceptors (Lipinski definition) is 4. The molecule has 0 radical (unpaired) electrons. The van der Waals surface area contributed by atoms with E-state index in [1.165, 1.54) is 23.1 Å². The van der Waals surface area contributed by atoms with E-state index in [1.807, 2.05) is 6.20 Å². The van der Waals surface area contributed by atoms with Crippen LogP contribution in [0.25, 0.3) is 0 Å². The molecule has 1 atom stereocenters. The number of aromatic nitrogens is 2. The van der Waals surface area contributed by atoms with Gasteiger partial charge in [-0.2, -0.15) is 5.10 Å². The molecule has 6 heteroatoms. The van der Waals surface area contributed by atoms with Crippen LogP contribution in [0.3, 0.4) is 0 Å². The van der Waals surface area contributed by atoms with Crippen LogP contribution in [0.4, 0.5) is 0 Å². The summed E-state index contributed by atoms with van der Waals surface area (Å²) in [7, 11) is 0. The van der Waals surface area contributed by atoms with Crippen molar-refractivity contribution in [3.63, 3.8) is 0 Å². The van der Waals surface area contributed by atoms with Crippen molar-refractivity contribution in [2.24, 2.45) is 0 Å². The van der Waals surface area contributed by atoms with E-state index in [0.717, 1.165) is 26.1 Å². The molecule has 2 aromatic heterocycles. The molecular weight excluding hydrogens is 340 g/mol. The number of carbonyl (C=O) groups is 1. The Hall–Kier alpha value is -2.86. The number of amides is 1. The normalized spacial score (nSPS) is 16.9. The van der Waals surface area contributed by atoms with Crippen molar-refractivity contribution in [2.75, 3.05) is 13.1 Å². The molecule has 1 N–H and O–H groups in total. The van der Waals surface area contributed by atoms with Gasteiger partial charge in [-0.05, 0) is 37.1 Å². The van der Waals surface area contributed by atoms with Gasteiger partial charge in [0.25, 0.3) is 5.91 Å². The zero-order chi connectivity index (χ0) is 18.6. The number of nitrogens with one attached hydrogen (secondary N) is 1. The zero-order valence-electron chi connectivity index (χ0n) is 15.5. The number of benzene rings is 1. The summed E-state index contributed by atoms with van der Waals surface area (Å²) in [5.41, 5.74) is 3.81. The van der Waals surface area contributed by atoms with Crippen LogP contribution < -0.4 is 5.32 Å². The van der Waals surface area contributed by atoms with Crippen molar-refractivity contribution in [2.45, 2.75) is 32.5 Å². The maximum absolute atomic E-state index is 12.0. The second kappa shape index (κ2) is 7.80. The molecule has 3 aromatic rings. The zero-order valence-corrected chi connectivity index (χ0v) is 15.5. The van der Waals surface area contributed by atoms with E-state index in [0.29, 0.717) is 12.3 Å². The van der Waals surface area contributed by atoms with E-state index in [4.69, 9.17) is 4.42 Å². The van der Waals surface area contributed by atoms with Crippen LogP contribution >= 0.6 is 0 Å². The van der Waals surface area contributed by atoms with Crippen molar-refractivity contribution in [1.29, 1.82) is 0 Å². The first-order valence-electron chi connectivity index (χ1n) is 9.31. The second-order valence-corrected chi connectivity index (χ2v) is 7.10. The molecule has 0 saturated heterocycles. The van der Waals surface area contributed by atoms with Gasteiger partial charge in [0.2, 0.25) is 0 Å². The topological polar surface area (TPSA) is 63.3 Å². The lowest BCUT2D eigenvalue weighted by Gasteiger charge is -2.34. The number of rotatable bonds is 6. The molecule has 6 nitrogen and oxygen atoms in total. The lowest BCUT2D eigenvalue weighted by molar-refractivity contribution is 0.0919. The summed E-state index contributed by atoms with van der Waals surface area (Å²) < 4.78 is 7.24. The van der Waals surface area contributed by atoms with Gasteiger partial charge in [0.15, 0.2) is 5.76 Å². The van der Waals surface area contributed by atoms with Gasteiger partial charge in [0, 0.05) is 32.4 Å². The quantitative estimate of drug-likeness (QED) is 0.730. The molecule has 4 rings (SSSR count). The number of nitrogens with zero attached hydrogens (tertiary/aromatic N) is 3. The molecular formula is C21H24N4O2. The third kappa shape index (κ3) is 4.11. The minimum atomic E-state index is -0.173. The summed E-state index contributed by atoms with van der Waals surface area (Å²) in [6, 6.07) is 14.4. The van der Waals surface area contributed by atoms with E-state index < -0.39 is 0 Å². The van der Waals surface area contributed by atoms with Gasteiger partial charge in [-0.25, -0.2) is 0 Å². The highest BCUT2D eigenvalue weighted by Gasteiger charge is 2.25. The Balaban J connectivity index is 1.38. The van der Waals surface area contributed by atoms with Crippen molar-refractivity contribution in [1.82, 2.24) is 20.0 Å². The average molecular weight is 364 g/mol. The van der Waals surface area contributed by atoms with E-state index in [9.17, 15) is 4.79 Å². The molecule has 1 aliphatic heterocycles. The second-order valence-electron chi connectivity index (χ2n) is 7.10. The third-order valence-electron chi connectivity index (χ3n) is 4.99. The van der Waals surface area contributed by atoms with Gasteiger partial charge in [-0.1, -0.05) is 29.8 Å². The standard InChI is InChI=1S/C21H24N4O2/c1-16-4-6-17(7-5-16)13-24-14-18(25-19(15-24)9-11-23-25)8-10-22-21(26)20-3-2-12-27-20/h2-7,9,11-12,18H,8,10,13-15H2,1H3,(H,22,26)/t18-/m1/s1. The third-order valence-corrected chi connectivity index (χ3v) is 4.99. The number of aryl methyl sites for hydroxylation is 1. The van der Waals surface area contributed by atoms with Crippen LogP contribution in [0.5, 0.6) is 0 Å². The van der Waals surface area contributed by atoms with Crippen molar-refractivity contribution in [3.05, 3.63) is 77.5 Å². The van der Waals surface area contributed by atoms with Crippen molar-refractivity contribution >= 4 is 5.91 Å². The van der Waals surface area contributed by atoms with E-state index >= 15 is 0 Å². The molecule has 1 amide bonds. The summed E-state index contributed by atoms with van der Waals surface area (Å²) in [6.07, 6.45) is 4.19. The average Bonchev–Trinajstić information content (AvgIpc) is 3.35. The minimum Gasteiger partial charge on any atom is -0.459 e. The smallest absolute Gasteiger partial charge is 0.286 e. The first-order chi connectivity index (χ1) is 13.2. The molecule has 1 aromatic carbocycles. The van der Waals surface area contributed by atoms with Crippen LogP contribution in [0.2, 0.25) is 0 Å². The highest BCUT2D eigenvalue weighted by molar-refractivity contribution is 5.91. The molecule has 140 valence electrons. The van der Waals surface area contributed by atoms with Gasteiger partial charge < -0.3 is 9.73 Å². The molecule has 0 aliphatic carbocycles. The largest absolute Gasteiger partial charge is 0.459 e. The van der Waals surface area contributed by atoms with Gasteiger partial charge in [-0.15, -0.1) is 0 Å². The van der Waals surface area contributed by atoms with Gasteiger partial charge in [-0.3, -0.25) is 14.4 Å². The van der Waals surface area contributed by atoms with E-state index in [1.54, 1.807) is 12.1 Å². The Kier molecular flexibility index (Phi) is 5.07. The van der Waals surface area contributed by atoms with E-state index in [-0.39, 0.29) is 11.9 Å². The number of fused-ring (bicyclic) bond motifs is 1. The maximum Gasteiger partial charge on any atom is 0.286 e. The Bertz CT molecular complexity index is 883. The van der Waals surface area contributed by atoms with Crippen LogP contribution in [0, 0.1) is 6.92 Å². The van der Waals surface area contributed by atoms with Crippen LogP contribution in [0.15, 0.2) is 59.3 Å². The SMILES string of the molecule is Cc1ccc(CN2Cc3ccnn3[C@H](CCNC(=O)c3ccco3)C2)cc1. The first-order valence-corrected chi connectivity index (χ1v) is 9.31. The van der Waals surface area contributed by atoms with Crippen molar-refractivity contribution in [3.8, 4) is 0 Å². The van der Waals surface area contributed by atoms with E-state index in [2.05, 4.69) is 57.3 Å². The summed E-state index contributed by atoms with van der Waals surface area (Å²) in [5.74, 6) is 0.174. The summed E-state index contributed by atoms with van der Waals surface area (Å²) >= 11 is 0. The molecule has 0 fully saturated rings. The Labute approximate surface area is 158 Å². The molecule has 27 heavy (non-hydrogen) atoms. The monoisotopic (exact) mass is 364 g/mol. The fourth-order valence-corrected chi connectivity index (χ4v) is 3.60. The first kappa shape index (κ1) is 17.5. The minimum absolute atomic E-state index is 0.173. The Morgan fingerprint density at radius 2 is 2.11 bits per heavy atom. The lowest BCUT2D eigenvalue weighted by Crippen LogP contribution is -2.38. The fourth-order valence-electron chi connectivity index (χ4n) is 3.60. The predicted molar refractivity (Wildman–Crippen MR) is 102 cm³/mol. The molecule has 0 bridgehead atoms. The van der Waals surface area contributed by atoms with Gasteiger partial charge >= 0.3 is 0 Å². The molecule has 0 saturated carbocycles. The number of hydrogen-bond donors (Lipinski definition) is 1. The molecule has 1 aliphatic rings. The van der Waals surface area contributed by atoms with Crippen molar-refractivity contribution < 1.29 is 9.21 Å². The predicted octanol–water partition coefficient (Wildman–Crippen LogP) is 3.16. The van der Waals surface area contributed by atoms with Crippen LogP contribution in [-0.4, -0.2) is 33.7 Å². The number of carbonyl (C=O) groups excluding carboxylic acids is 1. The summed E-state index contributed by atoms with van der Waals surface area (Å²) in [5, 5.41) is 7.43. The molecule has 0 unspecified atom stereocenters. The van der Waals surface area contributed by atoms with Gasteiger partial charge in [0.05, 0.1) is 18.0 Å². The highest BCUT2D eigenvalue weighted by Crippen LogP contribution is 2.24. The van der Waals surface area contributed by atoms with Gasteiger partial charge in [0.1, 0.15) is 0 Å². The summed E-state index contributed by atoms with van der Waals surface area (Å²) in [4.78, 5) is 14.5. The molecule has 3 heterocycles. The molecule has 0 spiro atoms. The van der Waals surface area contributed by atoms with Crippen LogP contribution in [-0.2, 0) is 13.1 Å². The maximum atomic E-state index is 12.0. The Morgan fingerprint density at radius 3 is 2.89 bits per heavy atom. The summed E-state index contributed by atoms with van der Waals surface area (Å²) in [6.45, 7) is 5.42. The fraction of sp³-hybridized carbons (Fsp3) is 0.333.